The van der Waals surface area contributed by atoms with Gasteiger partial charge in [0.15, 0.2) is 0 Å². The zero-order chi connectivity index (χ0) is 16.8. The van der Waals surface area contributed by atoms with Crippen molar-refractivity contribution in [1.82, 2.24) is 5.32 Å². The number of rotatable bonds is 6. The van der Waals surface area contributed by atoms with Crippen LogP contribution in [0.25, 0.3) is 10.8 Å². The van der Waals surface area contributed by atoms with Gasteiger partial charge in [-0.3, -0.25) is 9.59 Å². The Hall–Kier alpha value is -2.56. The molecule has 2 rings (SSSR count). The van der Waals surface area contributed by atoms with Crippen molar-refractivity contribution in [2.24, 2.45) is 0 Å². The Kier molecular flexibility index (Phi) is 5.57. The van der Waals surface area contributed by atoms with E-state index in [1.54, 1.807) is 7.11 Å². The number of carbonyl (C=O) groups is 2. The molecule has 122 valence electrons. The molecule has 0 aromatic heterocycles. The third-order valence-electron chi connectivity index (χ3n) is 3.82. The molecule has 1 N–H and O–H groups in total. The van der Waals surface area contributed by atoms with Gasteiger partial charge < -0.3 is 14.8 Å². The van der Waals surface area contributed by atoms with E-state index in [0.29, 0.717) is 0 Å². The van der Waals surface area contributed by atoms with Gasteiger partial charge in [0, 0.05) is 6.54 Å². The first-order valence-electron chi connectivity index (χ1n) is 7.47. The van der Waals surface area contributed by atoms with Crippen LogP contribution in [0, 0.1) is 0 Å². The van der Waals surface area contributed by atoms with Gasteiger partial charge in [0.2, 0.25) is 5.91 Å². The first-order valence-corrected chi connectivity index (χ1v) is 7.47. The average Bonchev–Trinajstić information content (AvgIpc) is 2.59. The van der Waals surface area contributed by atoms with E-state index < -0.39 is 0 Å². The molecule has 0 bridgehead atoms. The van der Waals surface area contributed by atoms with E-state index in [0.717, 1.165) is 22.1 Å². The fraction of sp³-hybridized carbons (Fsp3) is 0.333. The van der Waals surface area contributed by atoms with Gasteiger partial charge in [0.1, 0.15) is 5.75 Å². The summed E-state index contributed by atoms with van der Waals surface area (Å²) in [4.78, 5) is 23.2. The van der Waals surface area contributed by atoms with Crippen LogP contribution in [0.2, 0.25) is 0 Å². The molecule has 0 radical (unpaired) electrons. The monoisotopic (exact) mass is 315 g/mol. The summed E-state index contributed by atoms with van der Waals surface area (Å²) in [6, 6.07) is 11.7. The Morgan fingerprint density at radius 1 is 1.09 bits per heavy atom. The lowest BCUT2D eigenvalue weighted by Gasteiger charge is -2.13. The first-order chi connectivity index (χ1) is 11.0. The van der Waals surface area contributed by atoms with Crippen molar-refractivity contribution in [2.45, 2.75) is 19.3 Å². The summed E-state index contributed by atoms with van der Waals surface area (Å²) >= 11 is 0. The topological polar surface area (TPSA) is 64.6 Å². The molecule has 0 unspecified atom stereocenters. The minimum absolute atomic E-state index is 0.109. The summed E-state index contributed by atoms with van der Waals surface area (Å²) in [5, 5.41) is 4.87. The van der Waals surface area contributed by atoms with E-state index in [1.807, 2.05) is 43.3 Å². The molecule has 0 heterocycles. The second kappa shape index (κ2) is 7.63. The van der Waals surface area contributed by atoms with Crippen LogP contribution in [-0.4, -0.2) is 32.6 Å². The molecule has 0 aliphatic carbocycles. The van der Waals surface area contributed by atoms with Crippen molar-refractivity contribution in [2.75, 3.05) is 20.8 Å². The number of nitrogens with one attached hydrogen (secondary N) is 1. The minimum Gasteiger partial charge on any atom is -0.497 e. The summed E-state index contributed by atoms with van der Waals surface area (Å²) in [5.41, 5.74) is 0.929. The lowest BCUT2D eigenvalue weighted by molar-refractivity contribution is -0.140. The van der Waals surface area contributed by atoms with Gasteiger partial charge in [-0.2, -0.15) is 0 Å². The van der Waals surface area contributed by atoms with Gasteiger partial charge in [-0.1, -0.05) is 24.3 Å². The zero-order valence-corrected chi connectivity index (χ0v) is 13.6. The van der Waals surface area contributed by atoms with E-state index in [4.69, 9.17) is 4.74 Å². The van der Waals surface area contributed by atoms with E-state index >= 15 is 0 Å². The highest BCUT2D eigenvalue weighted by Crippen LogP contribution is 2.25. The second-order valence-electron chi connectivity index (χ2n) is 5.31. The summed E-state index contributed by atoms with van der Waals surface area (Å²) in [6.07, 6.45) is 0.173. The maximum Gasteiger partial charge on any atom is 0.307 e. The van der Waals surface area contributed by atoms with Crippen LogP contribution in [0.3, 0.4) is 0 Å². The van der Waals surface area contributed by atoms with Gasteiger partial charge in [0.05, 0.1) is 26.6 Å². The molecule has 5 heteroatoms. The standard InChI is InChI=1S/C18H21NO4/c1-12(18(21)19-9-8-17(20)23-3)13-4-5-15-11-16(22-2)7-6-14(15)10-13/h4-7,10-12H,8-9H2,1-3H3,(H,19,21)/t12-/m0/s1. The summed E-state index contributed by atoms with van der Waals surface area (Å²) in [6.45, 7) is 2.12. The number of amides is 1. The SMILES string of the molecule is COC(=O)CCNC(=O)[C@@H](C)c1ccc2cc(OC)ccc2c1. The molecule has 5 nitrogen and oxygen atoms in total. The molecule has 0 fully saturated rings. The van der Waals surface area contributed by atoms with Crippen molar-refractivity contribution < 1.29 is 19.1 Å². The Morgan fingerprint density at radius 2 is 1.78 bits per heavy atom. The maximum absolute atomic E-state index is 12.2. The fourth-order valence-corrected chi connectivity index (χ4v) is 2.33. The smallest absolute Gasteiger partial charge is 0.307 e. The Labute approximate surface area is 135 Å². The Balaban J connectivity index is 2.06. The first kappa shape index (κ1) is 16.8. The lowest BCUT2D eigenvalue weighted by atomic mass is 9.97. The summed E-state index contributed by atoms with van der Waals surface area (Å²) < 4.78 is 9.75. The summed E-state index contributed by atoms with van der Waals surface area (Å²) in [7, 11) is 2.97. The van der Waals surface area contributed by atoms with Gasteiger partial charge in [-0.25, -0.2) is 0 Å². The van der Waals surface area contributed by atoms with Crippen molar-refractivity contribution >= 4 is 22.6 Å². The van der Waals surface area contributed by atoms with Crippen LogP contribution in [0.4, 0.5) is 0 Å². The normalized spacial score (nSPS) is 11.8. The van der Waals surface area contributed by atoms with Crippen molar-refractivity contribution in [3.63, 3.8) is 0 Å². The zero-order valence-electron chi connectivity index (χ0n) is 13.6. The molecular formula is C18H21NO4. The number of hydrogen-bond donors (Lipinski definition) is 1. The van der Waals surface area contributed by atoms with Gasteiger partial charge in [-0.15, -0.1) is 0 Å². The lowest BCUT2D eigenvalue weighted by Crippen LogP contribution is -2.30. The number of ether oxygens (including phenoxy) is 2. The van der Waals surface area contributed by atoms with Gasteiger partial charge in [0.25, 0.3) is 0 Å². The van der Waals surface area contributed by atoms with E-state index in [9.17, 15) is 9.59 Å². The third kappa shape index (κ3) is 4.22. The highest BCUT2D eigenvalue weighted by molar-refractivity contribution is 5.88. The molecule has 0 aliphatic heterocycles. The fourth-order valence-electron chi connectivity index (χ4n) is 2.33. The number of hydrogen-bond acceptors (Lipinski definition) is 4. The molecule has 0 saturated carbocycles. The predicted molar refractivity (Wildman–Crippen MR) is 88.6 cm³/mol. The number of methoxy groups -OCH3 is 2. The maximum atomic E-state index is 12.2. The van der Waals surface area contributed by atoms with Gasteiger partial charge >= 0.3 is 5.97 Å². The molecule has 1 atom stereocenters. The number of benzene rings is 2. The predicted octanol–water partition coefficient (Wildman–Crippen LogP) is 2.63. The van der Waals surface area contributed by atoms with Crippen molar-refractivity contribution in [1.29, 1.82) is 0 Å². The van der Waals surface area contributed by atoms with Crippen molar-refractivity contribution in [3.05, 3.63) is 42.0 Å². The highest BCUT2D eigenvalue weighted by Gasteiger charge is 2.15. The third-order valence-corrected chi connectivity index (χ3v) is 3.82. The minimum atomic E-state index is -0.336. The molecule has 0 aliphatic rings. The number of fused-ring (bicyclic) bond motifs is 1. The molecular weight excluding hydrogens is 294 g/mol. The Bertz CT molecular complexity index is 711. The van der Waals surface area contributed by atoms with E-state index in [1.165, 1.54) is 7.11 Å². The van der Waals surface area contributed by atoms with Crippen LogP contribution >= 0.6 is 0 Å². The number of esters is 1. The molecule has 23 heavy (non-hydrogen) atoms. The highest BCUT2D eigenvalue weighted by atomic mass is 16.5. The van der Waals surface area contributed by atoms with Crippen molar-refractivity contribution in [3.8, 4) is 5.75 Å². The largest absolute Gasteiger partial charge is 0.497 e. The van der Waals surface area contributed by atoms with E-state index in [2.05, 4.69) is 10.1 Å². The molecule has 0 spiro atoms. The van der Waals surface area contributed by atoms with Crippen LogP contribution in [0.5, 0.6) is 5.75 Å². The van der Waals surface area contributed by atoms with E-state index in [-0.39, 0.29) is 30.8 Å². The Morgan fingerprint density at radius 3 is 2.48 bits per heavy atom. The van der Waals surface area contributed by atoms with Gasteiger partial charge in [-0.05, 0) is 35.4 Å². The van der Waals surface area contributed by atoms with Crippen LogP contribution in [0.15, 0.2) is 36.4 Å². The summed E-state index contributed by atoms with van der Waals surface area (Å²) in [5.74, 6) is 0.0670. The molecule has 0 saturated heterocycles. The van der Waals surface area contributed by atoms with Crippen LogP contribution in [-0.2, 0) is 14.3 Å². The molecule has 2 aromatic rings. The average molecular weight is 315 g/mol. The molecule has 2 aromatic carbocycles. The number of carbonyl (C=O) groups excluding carboxylic acids is 2. The second-order valence-corrected chi connectivity index (χ2v) is 5.31. The molecule has 1 amide bonds. The quantitative estimate of drug-likeness (QED) is 0.832. The van der Waals surface area contributed by atoms with Crippen LogP contribution in [0.1, 0.15) is 24.8 Å². The van der Waals surface area contributed by atoms with Crippen LogP contribution < -0.4 is 10.1 Å².